The largest absolute Gasteiger partial charge is 0.468 e. The molecule has 0 unspecified atom stereocenters. The number of nitrogens with one attached hydrogen (secondary N) is 1. The predicted molar refractivity (Wildman–Crippen MR) is 96.5 cm³/mol. The molecular weight excluding hydrogens is 330 g/mol. The van der Waals surface area contributed by atoms with Gasteiger partial charge in [-0.1, -0.05) is 12.1 Å². The summed E-state index contributed by atoms with van der Waals surface area (Å²) in [7, 11) is 0. The van der Waals surface area contributed by atoms with E-state index >= 15 is 0 Å². The van der Waals surface area contributed by atoms with E-state index in [1.165, 1.54) is 19.2 Å². The molecule has 0 bridgehead atoms. The van der Waals surface area contributed by atoms with Crippen molar-refractivity contribution < 1.29 is 13.6 Å². The third kappa shape index (κ3) is 3.55. The van der Waals surface area contributed by atoms with E-state index < -0.39 is 0 Å². The summed E-state index contributed by atoms with van der Waals surface area (Å²) in [4.78, 5) is 18.8. The average molecular weight is 351 g/mol. The van der Waals surface area contributed by atoms with Gasteiger partial charge in [0.05, 0.1) is 18.5 Å². The number of amides is 1. The maximum atomic E-state index is 12.5. The lowest BCUT2D eigenvalue weighted by atomic mass is 10.1. The lowest BCUT2D eigenvalue weighted by Gasteiger charge is -2.26. The number of benzene rings is 1. The molecule has 6 heteroatoms. The van der Waals surface area contributed by atoms with Gasteiger partial charge in [0.2, 0.25) is 0 Å². The fourth-order valence-corrected chi connectivity index (χ4v) is 3.38. The van der Waals surface area contributed by atoms with Gasteiger partial charge in [-0.25, -0.2) is 4.98 Å². The molecular formula is C20H21N3O3. The number of hydrogen-bond acceptors (Lipinski definition) is 5. The molecule has 26 heavy (non-hydrogen) atoms. The van der Waals surface area contributed by atoms with Gasteiger partial charge in [0.15, 0.2) is 12.2 Å². The lowest BCUT2D eigenvalue weighted by molar-refractivity contribution is 0.0934. The van der Waals surface area contributed by atoms with E-state index in [4.69, 9.17) is 8.83 Å². The SMILES string of the molecule is O=C(NC[C@@H](c1ccco1)N1CCCC1)c1ccc(-c2cnco2)cc1. The van der Waals surface area contributed by atoms with Crippen LogP contribution in [0.2, 0.25) is 0 Å². The molecule has 1 aliphatic heterocycles. The van der Waals surface area contributed by atoms with E-state index in [0.29, 0.717) is 17.9 Å². The number of furan rings is 1. The highest BCUT2D eigenvalue weighted by atomic mass is 16.3. The molecule has 1 fully saturated rings. The summed E-state index contributed by atoms with van der Waals surface area (Å²) in [5.41, 5.74) is 1.51. The molecule has 1 aromatic carbocycles. The minimum Gasteiger partial charge on any atom is -0.468 e. The molecule has 6 nitrogen and oxygen atoms in total. The first kappa shape index (κ1) is 16.6. The zero-order valence-electron chi connectivity index (χ0n) is 14.4. The zero-order valence-corrected chi connectivity index (χ0v) is 14.4. The Morgan fingerprint density at radius 3 is 2.62 bits per heavy atom. The van der Waals surface area contributed by atoms with Gasteiger partial charge in [-0.3, -0.25) is 9.69 Å². The highest BCUT2D eigenvalue weighted by Crippen LogP contribution is 2.25. The highest BCUT2D eigenvalue weighted by molar-refractivity contribution is 5.94. The minimum absolute atomic E-state index is 0.0740. The van der Waals surface area contributed by atoms with Crippen molar-refractivity contribution in [2.24, 2.45) is 0 Å². The Bertz CT molecular complexity index is 820. The Hall–Kier alpha value is -2.86. The second-order valence-corrected chi connectivity index (χ2v) is 6.43. The summed E-state index contributed by atoms with van der Waals surface area (Å²) >= 11 is 0. The van der Waals surface area contributed by atoms with E-state index in [1.54, 1.807) is 24.6 Å². The van der Waals surface area contributed by atoms with Crippen LogP contribution >= 0.6 is 0 Å². The first-order valence-electron chi connectivity index (χ1n) is 8.86. The second kappa shape index (κ2) is 7.58. The maximum Gasteiger partial charge on any atom is 0.251 e. The topological polar surface area (TPSA) is 71.5 Å². The van der Waals surface area contributed by atoms with E-state index in [1.807, 2.05) is 24.3 Å². The van der Waals surface area contributed by atoms with Crippen LogP contribution in [0.25, 0.3) is 11.3 Å². The Labute approximate surface area is 151 Å². The van der Waals surface area contributed by atoms with Crippen molar-refractivity contribution in [2.75, 3.05) is 19.6 Å². The van der Waals surface area contributed by atoms with Crippen LogP contribution in [0.15, 0.2) is 64.1 Å². The van der Waals surface area contributed by atoms with Gasteiger partial charge in [0, 0.05) is 17.7 Å². The van der Waals surface area contributed by atoms with Crippen molar-refractivity contribution in [3.8, 4) is 11.3 Å². The number of carbonyl (C=O) groups is 1. The van der Waals surface area contributed by atoms with Crippen LogP contribution in [-0.2, 0) is 0 Å². The molecule has 0 saturated carbocycles. The van der Waals surface area contributed by atoms with Gasteiger partial charge in [-0.2, -0.15) is 0 Å². The van der Waals surface area contributed by atoms with E-state index in [0.717, 1.165) is 24.4 Å². The van der Waals surface area contributed by atoms with Crippen LogP contribution in [-0.4, -0.2) is 35.4 Å². The van der Waals surface area contributed by atoms with Crippen molar-refractivity contribution in [1.82, 2.24) is 15.2 Å². The first-order chi connectivity index (χ1) is 12.8. The Morgan fingerprint density at radius 1 is 1.15 bits per heavy atom. The van der Waals surface area contributed by atoms with Gasteiger partial charge < -0.3 is 14.2 Å². The molecule has 1 N–H and O–H groups in total. The molecule has 1 atom stereocenters. The molecule has 1 amide bonds. The molecule has 1 aliphatic rings. The van der Waals surface area contributed by atoms with Gasteiger partial charge in [-0.05, 0) is 50.2 Å². The van der Waals surface area contributed by atoms with Gasteiger partial charge in [0.1, 0.15) is 5.76 Å². The van der Waals surface area contributed by atoms with Crippen molar-refractivity contribution in [3.63, 3.8) is 0 Å². The Balaban J connectivity index is 1.42. The molecule has 0 spiro atoms. The van der Waals surface area contributed by atoms with Crippen LogP contribution < -0.4 is 5.32 Å². The standard InChI is InChI=1S/C20H21N3O3/c24-20(16-7-5-15(6-8-16)19-13-21-14-26-19)22-12-17(18-4-3-11-25-18)23-9-1-2-10-23/h3-8,11,13-14,17H,1-2,9-10,12H2,(H,22,24)/t17-/m0/s1. The summed E-state index contributed by atoms with van der Waals surface area (Å²) in [6.07, 6.45) is 7.10. The first-order valence-corrected chi connectivity index (χ1v) is 8.86. The van der Waals surface area contributed by atoms with Crippen LogP contribution in [0.1, 0.15) is 35.0 Å². The molecule has 4 rings (SSSR count). The van der Waals surface area contributed by atoms with Gasteiger partial charge in [0.25, 0.3) is 5.91 Å². The maximum absolute atomic E-state index is 12.5. The number of rotatable bonds is 6. The summed E-state index contributed by atoms with van der Waals surface area (Å²) in [5.74, 6) is 1.49. The predicted octanol–water partition coefficient (Wildman–Crippen LogP) is 3.50. The van der Waals surface area contributed by atoms with Crippen molar-refractivity contribution in [1.29, 1.82) is 0 Å². The molecule has 3 aromatic rings. The number of oxazole rings is 1. The number of nitrogens with zero attached hydrogens (tertiary/aromatic N) is 2. The minimum atomic E-state index is -0.0927. The number of aromatic nitrogens is 1. The third-order valence-electron chi connectivity index (χ3n) is 4.77. The summed E-state index contributed by atoms with van der Waals surface area (Å²) in [5, 5.41) is 3.04. The molecule has 2 aromatic heterocycles. The van der Waals surface area contributed by atoms with Crippen molar-refractivity contribution >= 4 is 5.91 Å². The fourth-order valence-electron chi connectivity index (χ4n) is 3.38. The highest BCUT2D eigenvalue weighted by Gasteiger charge is 2.26. The zero-order chi connectivity index (χ0) is 17.8. The fraction of sp³-hybridized carbons (Fsp3) is 0.300. The van der Waals surface area contributed by atoms with E-state index in [9.17, 15) is 4.79 Å². The number of likely N-dealkylation sites (tertiary alicyclic amines) is 1. The third-order valence-corrected chi connectivity index (χ3v) is 4.77. The van der Waals surface area contributed by atoms with Gasteiger partial charge in [-0.15, -0.1) is 0 Å². The van der Waals surface area contributed by atoms with E-state index in [2.05, 4.69) is 15.2 Å². The van der Waals surface area contributed by atoms with E-state index in [-0.39, 0.29) is 11.9 Å². The molecule has 3 heterocycles. The van der Waals surface area contributed by atoms with Crippen molar-refractivity contribution in [2.45, 2.75) is 18.9 Å². The lowest BCUT2D eigenvalue weighted by Crippen LogP contribution is -2.36. The van der Waals surface area contributed by atoms with Crippen LogP contribution in [0.4, 0.5) is 0 Å². The van der Waals surface area contributed by atoms with Crippen LogP contribution in [0.5, 0.6) is 0 Å². The smallest absolute Gasteiger partial charge is 0.251 e. The van der Waals surface area contributed by atoms with Crippen molar-refractivity contribution in [3.05, 3.63) is 66.6 Å². The normalized spacial score (nSPS) is 15.8. The molecule has 0 aliphatic carbocycles. The monoisotopic (exact) mass is 351 g/mol. The molecule has 134 valence electrons. The summed E-state index contributed by atoms with van der Waals surface area (Å²) in [6, 6.07) is 11.3. The van der Waals surface area contributed by atoms with Crippen LogP contribution in [0.3, 0.4) is 0 Å². The number of hydrogen-bond donors (Lipinski definition) is 1. The Morgan fingerprint density at radius 2 is 1.96 bits per heavy atom. The molecule has 0 radical (unpaired) electrons. The summed E-state index contributed by atoms with van der Waals surface area (Å²) in [6.45, 7) is 2.59. The second-order valence-electron chi connectivity index (χ2n) is 6.43. The van der Waals surface area contributed by atoms with Crippen LogP contribution in [0, 0.1) is 0 Å². The number of carbonyl (C=O) groups excluding carboxylic acids is 1. The summed E-state index contributed by atoms with van der Waals surface area (Å²) < 4.78 is 10.9. The Kier molecular flexibility index (Phi) is 4.84. The molecule has 1 saturated heterocycles. The van der Waals surface area contributed by atoms with Gasteiger partial charge >= 0.3 is 0 Å². The average Bonchev–Trinajstić information content (AvgIpc) is 3.45. The quantitative estimate of drug-likeness (QED) is 0.736.